The van der Waals surface area contributed by atoms with Gasteiger partial charge in [-0.05, 0) is 49.9 Å². The molecule has 3 rings (SSSR count). The fourth-order valence-electron chi connectivity index (χ4n) is 4.51. The van der Waals surface area contributed by atoms with E-state index in [1.54, 1.807) is 0 Å². The second-order valence-electron chi connectivity index (χ2n) is 6.81. The summed E-state index contributed by atoms with van der Waals surface area (Å²) in [5, 5.41) is 0. The summed E-state index contributed by atoms with van der Waals surface area (Å²) in [6.07, 6.45) is 5.24. The Kier molecular flexibility index (Phi) is 3.41. The van der Waals surface area contributed by atoms with Crippen LogP contribution in [0, 0.1) is 29.6 Å². The summed E-state index contributed by atoms with van der Waals surface area (Å²) in [5.74, 6) is 3.33. The Balaban J connectivity index is 1.90. The maximum atomic E-state index is 6.15. The van der Waals surface area contributed by atoms with E-state index < -0.39 is 0 Å². The highest BCUT2D eigenvalue weighted by atomic mass is 16.7. The van der Waals surface area contributed by atoms with Crippen molar-refractivity contribution >= 4 is 0 Å². The number of ether oxygens (including phenoxy) is 2. The molecule has 3 heteroatoms. The van der Waals surface area contributed by atoms with E-state index in [1.165, 1.54) is 25.7 Å². The Morgan fingerprint density at radius 2 is 1.61 bits per heavy atom. The molecule has 8 atom stereocenters. The molecule has 0 amide bonds. The minimum Gasteiger partial charge on any atom is -0.349 e. The molecule has 0 bridgehead atoms. The highest BCUT2D eigenvalue weighted by molar-refractivity contribution is 4.95. The van der Waals surface area contributed by atoms with Crippen molar-refractivity contribution in [1.29, 1.82) is 0 Å². The van der Waals surface area contributed by atoms with Gasteiger partial charge in [0.05, 0.1) is 6.10 Å². The summed E-state index contributed by atoms with van der Waals surface area (Å²) in [6, 6.07) is 0. The molecule has 3 nitrogen and oxygen atoms in total. The standard InChI is InChI=1S/C15H27NO2/c1-8-4-6-12-10(3)14(16)18-15-13(12)11(8)7-5-9(2)17-15/h8-15H,4-7,16H2,1-3H3/t8-,9?,10?,11+,12?,13?,14-,15?/m1/s1. The summed E-state index contributed by atoms with van der Waals surface area (Å²) in [6.45, 7) is 6.84. The van der Waals surface area contributed by atoms with E-state index in [2.05, 4.69) is 20.8 Å². The lowest BCUT2D eigenvalue weighted by Gasteiger charge is -2.51. The molecule has 0 radical (unpaired) electrons. The largest absolute Gasteiger partial charge is 0.349 e. The molecule has 0 spiro atoms. The zero-order valence-corrected chi connectivity index (χ0v) is 11.8. The third-order valence-corrected chi connectivity index (χ3v) is 5.75. The third-order valence-electron chi connectivity index (χ3n) is 5.75. The van der Waals surface area contributed by atoms with E-state index in [1.807, 2.05) is 0 Å². The minimum atomic E-state index is -0.143. The molecule has 2 heterocycles. The minimum absolute atomic E-state index is 0.0496. The zero-order valence-electron chi connectivity index (χ0n) is 11.8. The van der Waals surface area contributed by atoms with Crippen molar-refractivity contribution in [3.05, 3.63) is 0 Å². The van der Waals surface area contributed by atoms with E-state index in [0.717, 1.165) is 11.8 Å². The van der Waals surface area contributed by atoms with E-state index in [4.69, 9.17) is 15.2 Å². The number of rotatable bonds is 0. The van der Waals surface area contributed by atoms with Crippen LogP contribution >= 0.6 is 0 Å². The van der Waals surface area contributed by atoms with Crippen molar-refractivity contribution in [2.75, 3.05) is 0 Å². The van der Waals surface area contributed by atoms with E-state index in [0.29, 0.717) is 23.9 Å². The van der Waals surface area contributed by atoms with Gasteiger partial charge >= 0.3 is 0 Å². The van der Waals surface area contributed by atoms with Crippen LogP contribution in [0.1, 0.15) is 46.5 Å². The topological polar surface area (TPSA) is 44.5 Å². The number of nitrogens with two attached hydrogens (primary N) is 1. The summed E-state index contributed by atoms with van der Waals surface area (Å²) >= 11 is 0. The van der Waals surface area contributed by atoms with Crippen LogP contribution in [0.3, 0.4) is 0 Å². The van der Waals surface area contributed by atoms with E-state index in [9.17, 15) is 0 Å². The van der Waals surface area contributed by atoms with Crippen LogP contribution in [0.15, 0.2) is 0 Å². The van der Waals surface area contributed by atoms with Gasteiger partial charge in [-0.15, -0.1) is 0 Å². The first-order valence-electron chi connectivity index (χ1n) is 7.64. The van der Waals surface area contributed by atoms with E-state index in [-0.39, 0.29) is 12.5 Å². The van der Waals surface area contributed by atoms with Crippen LogP contribution in [-0.4, -0.2) is 18.6 Å². The Hall–Kier alpha value is -0.120. The van der Waals surface area contributed by atoms with Gasteiger partial charge in [0.1, 0.15) is 6.23 Å². The first-order valence-corrected chi connectivity index (χ1v) is 7.64. The van der Waals surface area contributed by atoms with Crippen LogP contribution in [0.5, 0.6) is 0 Å². The zero-order chi connectivity index (χ0) is 12.9. The van der Waals surface area contributed by atoms with Crippen LogP contribution in [0.25, 0.3) is 0 Å². The van der Waals surface area contributed by atoms with Gasteiger partial charge in [0, 0.05) is 5.92 Å². The van der Waals surface area contributed by atoms with Gasteiger partial charge in [-0.25, -0.2) is 0 Å². The average Bonchev–Trinajstić information content (AvgIpc) is 2.49. The fraction of sp³-hybridized carbons (Fsp3) is 1.00. The monoisotopic (exact) mass is 253 g/mol. The Bertz CT molecular complexity index is 307. The van der Waals surface area contributed by atoms with Crippen molar-refractivity contribution in [2.45, 2.75) is 65.1 Å². The third kappa shape index (κ3) is 2.00. The van der Waals surface area contributed by atoms with Crippen molar-refractivity contribution < 1.29 is 9.47 Å². The van der Waals surface area contributed by atoms with Crippen LogP contribution in [-0.2, 0) is 9.47 Å². The van der Waals surface area contributed by atoms with Crippen molar-refractivity contribution in [2.24, 2.45) is 35.3 Å². The lowest BCUT2D eigenvalue weighted by Crippen LogP contribution is -2.55. The molecule has 104 valence electrons. The Labute approximate surface area is 110 Å². The predicted molar refractivity (Wildman–Crippen MR) is 70.7 cm³/mol. The molecular weight excluding hydrogens is 226 g/mol. The van der Waals surface area contributed by atoms with Gasteiger partial charge in [0.25, 0.3) is 0 Å². The van der Waals surface area contributed by atoms with Gasteiger partial charge < -0.3 is 15.2 Å². The highest BCUT2D eigenvalue weighted by Crippen LogP contribution is 2.51. The van der Waals surface area contributed by atoms with Gasteiger partial charge in [0.15, 0.2) is 6.29 Å². The molecule has 2 aliphatic heterocycles. The SMILES string of the molecule is CC1CC[C@@H]2C3C(O1)O[C@@H](N)C(C)C3CC[C@H]2C. The highest BCUT2D eigenvalue weighted by Gasteiger charge is 2.51. The second-order valence-corrected chi connectivity index (χ2v) is 6.81. The predicted octanol–water partition coefficient (Wildman–Crippen LogP) is 2.74. The molecule has 0 aromatic carbocycles. The Morgan fingerprint density at radius 1 is 0.889 bits per heavy atom. The number of hydrogen-bond acceptors (Lipinski definition) is 3. The van der Waals surface area contributed by atoms with Crippen LogP contribution < -0.4 is 5.73 Å². The van der Waals surface area contributed by atoms with E-state index >= 15 is 0 Å². The molecule has 0 aromatic rings. The molecule has 1 aliphatic carbocycles. The summed E-state index contributed by atoms with van der Waals surface area (Å²) in [4.78, 5) is 0. The number of hydrogen-bond donors (Lipinski definition) is 1. The quantitative estimate of drug-likeness (QED) is 0.722. The van der Waals surface area contributed by atoms with Crippen LogP contribution in [0.4, 0.5) is 0 Å². The van der Waals surface area contributed by atoms with Gasteiger partial charge in [0.2, 0.25) is 0 Å². The van der Waals surface area contributed by atoms with Crippen molar-refractivity contribution in [3.8, 4) is 0 Å². The molecule has 3 aliphatic rings. The first-order chi connectivity index (χ1) is 8.58. The molecule has 5 unspecified atom stereocenters. The summed E-state index contributed by atoms with van der Waals surface area (Å²) in [5.41, 5.74) is 6.15. The summed E-state index contributed by atoms with van der Waals surface area (Å²) < 4.78 is 12.1. The lowest BCUT2D eigenvalue weighted by atomic mass is 9.61. The molecule has 2 saturated heterocycles. The van der Waals surface area contributed by atoms with Gasteiger partial charge in [-0.2, -0.15) is 0 Å². The van der Waals surface area contributed by atoms with Crippen molar-refractivity contribution in [1.82, 2.24) is 0 Å². The Morgan fingerprint density at radius 3 is 2.39 bits per heavy atom. The maximum Gasteiger partial charge on any atom is 0.163 e. The molecule has 2 N–H and O–H groups in total. The second kappa shape index (κ2) is 4.77. The normalized spacial score (nSPS) is 56.7. The first kappa shape index (κ1) is 12.9. The molecule has 18 heavy (non-hydrogen) atoms. The maximum absolute atomic E-state index is 6.15. The molecule has 1 saturated carbocycles. The van der Waals surface area contributed by atoms with Crippen molar-refractivity contribution in [3.63, 3.8) is 0 Å². The fourth-order valence-corrected chi connectivity index (χ4v) is 4.51. The molecular formula is C15H27NO2. The average molecular weight is 253 g/mol. The van der Waals surface area contributed by atoms with Gasteiger partial charge in [-0.3, -0.25) is 0 Å². The summed E-state index contributed by atoms with van der Waals surface area (Å²) in [7, 11) is 0. The van der Waals surface area contributed by atoms with Crippen LogP contribution in [0.2, 0.25) is 0 Å². The van der Waals surface area contributed by atoms with Gasteiger partial charge in [-0.1, -0.05) is 20.3 Å². The molecule has 3 fully saturated rings. The molecule has 0 aromatic heterocycles. The lowest BCUT2D eigenvalue weighted by molar-refractivity contribution is -0.275. The smallest absolute Gasteiger partial charge is 0.163 e.